The number of benzene rings is 1. The molecule has 0 radical (unpaired) electrons. The summed E-state index contributed by atoms with van der Waals surface area (Å²) in [5.74, 6) is -0.626. The van der Waals surface area contributed by atoms with Crippen molar-refractivity contribution in [2.24, 2.45) is 17.8 Å². The van der Waals surface area contributed by atoms with Crippen LogP contribution in [0.4, 0.5) is 13.2 Å². The average molecular weight is 455 g/mol. The molecule has 1 aromatic carbocycles. The SMILES string of the molecule is C1CCC1.CC(C)c1cc(F)c(F)c(F)c1.CCC(C)CC(CC)CCC1CCCCC1. The Morgan fingerprint density at radius 1 is 0.781 bits per heavy atom. The molecule has 0 amide bonds. The molecule has 3 rings (SSSR count). The molecule has 32 heavy (non-hydrogen) atoms. The summed E-state index contributed by atoms with van der Waals surface area (Å²) in [6.07, 6.45) is 20.8. The first kappa shape index (κ1) is 29.0. The fourth-order valence-corrected chi connectivity index (χ4v) is 4.33. The van der Waals surface area contributed by atoms with Crippen LogP contribution in [-0.2, 0) is 0 Å². The minimum Gasteiger partial charge on any atom is -0.204 e. The van der Waals surface area contributed by atoms with Crippen LogP contribution in [0.5, 0.6) is 0 Å². The average Bonchev–Trinajstić information content (AvgIpc) is 2.74. The lowest BCUT2D eigenvalue weighted by Gasteiger charge is -2.25. The van der Waals surface area contributed by atoms with E-state index in [1.54, 1.807) is 13.8 Å². The zero-order valence-corrected chi connectivity index (χ0v) is 21.5. The Morgan fingerprint density at radius 3 is 1.69 bits per heavy atom. The van der Waals surface area contributed by atoms with E-state index in [-0.39, 0.29) is 5.92 Å². The topological polar surface area (TPSA) is 0 Å². The summed E-state index contributed by atoms with van der Waals surface area (Å²) in [6, 6.07) is 2.03. The first-order chi connectivity index (χ1) is 15.3. The van der Waals surface area contributed by atoms with Crippen molar-refractivity contribution in [1.29, 1.82) is 0 Å². The van der Waals surface area contributed by atoms with E-state index >= 15 is 0 Å². The molecule has 0 heterocycles. The van der Waals surface area contributed by atoms with E-state index in [0.29, 0.717) is 5.56 Å². The maximum atomic E-state index is 12.6. The monoisotopic (exact) mass is 454 g/mol. The molecule has 1 aromatic rings. The first-order valence-corrected chi connectivity index (χ1v) is 13.4. The molecule has 2 atom stereocenters. The van der Waals surface area contributed by atoms with E-state index in [1.165, 1.54) is 89.9 Å². The van der Waals surface area contributed by atoms with Gasteiger partial charge in [0.05, 0.1) is 0 Å². The Balaban J connectivity index is 0.000000279. The second kappa shape index (κ2) is 16.6. The van der Waals surface area contributed by atoms with E-state index in [4.69, 9.17) is 0 Å². The van der Waals surface area contributed by atoms with Crippen LogP contribution >= 0.6 is 0 Å². The highest BCUT2D eigenvalue weighted by atomic mass is 19.2. The summed E-state index contributed by atoms with van der Waals surface area (Å²) in [6.45, 7) is 10.7. The van der Waals surface area contributed by atoms with Crippen LogP contribution in [-0.4, -0.2) is 0 Å². The van der Waals surface area contributed by atoms with Gasteiger partial charge in [0.25, 0.3) is 0 Å². The van der Waals surface area contributed by atoms with Crippen LogP contribution in [0.3, 0.4) is 0 Å². The van der Waals surface area contributed by atoms with E-state index in [1.807, 2.05) is 0 Å². The van der Waals surface area contributed by atoms with Crippen molar-refractivity contribution < 1.29 is 13.2 Å². The number of halogens is 3. The highest BCUT2D eigenvalue weighted by Crippen LogP contribution is 2.31. The Hall–Kier alpha value is -0.990. The molecule has 0 bridgehead atoms. The molecule has 186 valence electrons. The lowest BCUT2D eigenvalue weighted by atomic mass is 9.81. The predicted octanol–water partition coefficient (Wildman–Crippen LogP) is 10.6. The zero-order valence-electron chi connectivity index (χ0n) is 21.5. The highest BCUT2D eigenvalue weighted by Gasteiger charge is 2.16. The maximum absolute atomic E-state index is 12.6. The molecule has 0 aliphatic heterocycles. The Kier molecular flexibility index (Phi) is 15.1. The van der Waals surface area contributed by atoms with E-state index < -0.39 is 17.5 Å². The molecule has 2 aliphatic carbocycles. The van der Waals surface area contributed by atoms with Crippen molar-refractivity contribution in [1.82, 2.24) is 0 Å². The van der Waals surface area contributed by atoms with Gasteiger partial charge < -0.3 is 0 Å². The number of hydrogen-bond acceptors (Lipinski definition) is 0. The summed E-state index contributed by atoms with van der Waals surface area (Å²) >= 11 is 0. The van der Waals surface area contributed by atoms with E-state index in [9.17, 15) is 13.2 Å². The van der Waals surface area contributed by atoms with Crippen molar-refractivity contribution in [3.8, 4) is 0 Å². The smallest absolute Gasteiger partial charge is 0.194 e. The van der Waals surface area contributed by atoms with Gasteiger partial charge in [-0.15, -0.1) is 0 Å². The fraction of sp³-hybridized carbons (Fsp3) is 0.793. The van der Waals surface area contributed by atoms with Gasteiger partial charge in [0, 0.05) is 0 Å². The van der Waals surface area contributed by atoms with Crippen LogP contribution in [0.15, 0.2) is 12.1 Å². The quantitative estimate of drug-likeness (QED) is 0.343. The van der Waals surface area contributed by atoms with Crippen molar-refractivity contribution in [3.63, 3.8) is 0 Å². The molecule has 2 fully saturated rings. The van der Waals surface area contributed by atoms with Gasteiger partial charge in [-0.1, -0.05) is 118 Å². The summed E-state index contributed by atoms with van der Waals surface area (Å²) in [5.41, 5.74) is 0.464. The van der Waals surface area contributed by atoms with Gasteiger partial charge in [-0.05, 0) is 47.8 Å². The normalized spacial score (nSPS) is 18.0. The number of hydrogen-bond donors (Lipinski definition) is 0. The minimum absolute atomic E-state index is 0.00500. The van der Waals surface area contributed by atoms with E-state index in [0.717, 1.165) is 29.9 Å². The fourth-order valence-electron chi connectivity index (χ4n) is 4.33. The third kappa shape index (κ3) is 11.8. The second-order valence-corrected chi connectivity index (χ2v) is 10.5. The third-order valence-corrected chi connectivity index (χ3v) is 7.39. The zero-order chi connectivity index (χ0) is 23.9. The molecule has 0 N–H and O–H groups in total. The molecular weight excluding hydrogens is 405 g/mol. The summed E-state index contributed by atoms with van der Waals surface area (Å²) in [4.78, 5) is 0. The van der Waals surface area contributed by atoms with Crippen LogP contribution < -0.4 is 0 Å². The van der Waals surface area contributed by atoms with Gasteiger partial charge in [-0.2, -0.15) is 0 Å². The van der Waals surface area contributed by atoms with Crippen LogP contribution in [0, 0.1) is 35.2 Å². The molecular formula is C29H49F3. The largest absolute Gasteiger partial charge is 0.204 e. The standard InChI is InChI=1S/C16H32.C9H9F3.C4H8/c1-4-14(3)13-15(5-2)11-12-16-9-7-6-8-10-16;1-5(2)6-3-7(10)9(12)8(11)4-6;1-2-4-3-1/h14-16H,4-13H2,1-3H3;3-5H,1-2H3;1-4H2. The van der Waals surface area contributed by atoms with Crippen molar-refractivity contribution in [2.45, 2.75) is 130 Å². The Labute approximate surface area is 196 Å². The first-order valence-electron chi connectivity index (χ1n) is 13.4. The van der Waals surface area contributed by atoms with Crippen LogP contribution in [0.2, 0.25) is 0 Å². The molecule has 0 aromatic heterocycles. The van der Waals surface area contributed by atoms with E-state index in [2.05, 4.69) is 20.8 Å². The Bertz CT molecular complexity index is 573. The maximum Gasteiger partial charge on any atom is 0.194 e. The van der Waals surface area contributed by atoms with Crippen molar-refractivity contribution in [3.05, 3.63) is 35.1 Å². The molecule has 0 spiro atoms. The minimum atomic E-state index is -1.40. The van der Waals surface area contributed by atoms with Gasteiger partial charge in [0.15, 0.2) is 17.5 Å². The van der Waals surface area contributed by atoms with Crippen LogP contribution in [0.25, 0.3) is 0 Å². The van der Waals surface area contributed by atoms with Gasteiger partial charge in [0.2, 0.25) is 0 Å². The second-order valence-electron chi connectivity index (χ2n) is 10.5. The molecule has 2 saturated carbocycles. The summed E-state index contributed by atoms with van der Waals surface area (Å²) < 4.78 is 37.6. The van der Waals surface area contributed by atoms with Gasteiger partial charge in [-0.3, -0.25) is 0 Å². The molecule has 2 aliphatic rings. The summed E-state index contributed by atoms with van der Waals surface area (Å²) in [7, 11) is 0. The Morgan fingerprint density at radius 2 is 1.28 bits per heavy atom. The third-order valence-electron chi connectivity index (χ3n) is 7.39. The predicted molar refractivity (Wildman–Crippen MR) is 133 cm³/mol. The van der Waals surface area contributed by atoms with Crippen molar-refractivity contribution >= 4 is 0 Å². The molecule has 2 unspecified atom stereocenters. The summed E-state index contributed by atoms with van der Waals surface area (Å²) in [5, 5.41) is 0. The van der Waals surface area contributed by atoms with Gasteiger partial charge in [0.1, 0.15) is 0 Å². The van der Waals surface area contributed by atoms with Crippen LogP contribution in [0.1, 0.15) is 136 Å². The number of rotatable bonds is 8. The highest BCUT2D eigenvalue weighted by molar-refractivity contribution is 5.21. The van der Waals surface area contributed by atoms with Gasteiger partial charge in [-0.25, -0.2) is 13.2 Å². The molecule has 0 nitrogen and oxygen atoms in total. The van der Waals surface area contributed by atoms with Crippen molar-refractivity contribution in [2.75, 3.05) is 0 Å². The lowest BCUT2D eigenvalue weighted by molar-refractivity contribution is 0.281. The molecule has 0 saturated heterocycles. The van der Waals surface area contributed by atoms with Gasteiger partial charge >= 0.3 is 0 Å². The molecule has 3 heteroatoms. The lowest BCUT2D eigenvalue weighted by Crippen LogP contribution is -2.11.